The van der Waals surface area contributed by atoms with E-state index in [1.165, 1.54) is 25.8 Å². The third kappa shape index (κ3) is 1.09. The van der Waals surface area contributed by atoms with Crippen LogP contribution in [0.5, 0.6) is 0 Å². The second-order valence-electron chi connectivity index (χ2n) is 2.65. The Morgan fingerprint density at radius 1 is 1.44 bits per heavy atom. The summed E-state index contributed by atoms with van der Waals surface area (Å²) in [4.78, 5) is 0. The molecule has 0 saturated carbocycles. The van der Waals surface area contributed by atoms with E-state index in [1.54, 1.807) is 12.2 Å². The fraction of sp³-hybridized carbons (Fsp3) is 1.00. The molecule has 1 unspecified atom stereocenters. The molecule has 0 aromatic rings. The summed E-state index contributed by atoms with van der Waals surface area (Å²) in [6.45, 7) is 2.18. The van der Waals surface area contributed by atoms with Gasteiger partial charge in [-0.15, -0.1) is 0 Å². The van der Waals surface area contributed by atoms with Crippen LogP contribution in [0.2, 0.25) is 0 Å². The first-order valence-corrected chi connectivity index (χ1v) is 4.23. The minimum absolute atomic E-state index is 0.740. The molecule has 2 heterocycles. The molecule has 0 N–H and O–H groups in total. The summed E-state index contributed by atoms with van der Waals surface area (Å²) in [6.07, 6.45) is 4.09. The maximum atomic E-state index is 5.23. The molecular weight excluding hydrogens is 134 g/mol. The third-order valence-electron chi connectivity index (χ3n) is 1.98. The van der Waals surface area contributed by atoms with Gasteiger partial charge in [0.25, 0.3) is 0 Å². The highest BCUT2D eigenvalue weighted by atomic mass is 32.2. The molecule has 2 saturated heterocycles. The first-order valence-electron chi connectivity index (χ1n) is 3.53. The monoisotopic (exact) mass is 145 g/mol. The van der Waals surface area contributed by atoms with Crippen molar-refractivity contribution in [3.8, 4) is 0 Å². The summed E-state index contributed by atoms with van der Waals surface area (Å²) in [5, 5.41) is 0. The maximum absolute atomic E-state index is 5.23. The highest BCUT2D eigenvalue weighted by Gasteiger charge is 2.28. The van der Waals surface area contributed by atoms with Crippen LogP contribution in [-0.4, -0.2) is 23.5 Å². The van der Waals surface area contributed by atoms with Crippen molar-refractivity contribution in [2.45, 2.75) is 25.3 Å². The molecule has 0 aromatic carbocycles. The summed E-state index contributed by atoms with van der Waals surface area (Å²) >= 11 is 1.56. The Kier molecular flexibility index (Phi) is 1.66. The lowest BCUT2D eigenvalue weighted by Gasteiger charge is -2.24. The normalized spacial score (nSPS) is 36.7. The lowest BCUT2D eigenvalue weighted by molar-refractivity contribution is 0.257. The molecule has 2 aliphatic heterocycles. The molecule has 2 aliphatic rings. The fourth-order valence-corrected chi connectivity index (χ4v) is 2.26. The summed E-state index contributed by atoms with van der Waals surface area (Å²) in [5.41, 5.74) is 0. The smallest absolute Gasteiger partial charge is 0.0823 e. The van der Waals surface area contributed by atoms with Crippen molar-refractivity contribution in [2.75, 3.05) is 13.2 Å². The van der Waals surface area contributed by atoms with Gasteiger partial charge in [-0.25, -0.2) is 4.31 Å². The van der Waals surface area contributed by atoms with Crippen LogP contribution in [-0.2, 0) is 4.18 Å². The Balaban J connectivity index is 1.97. The van der Waals surface area contributed by atoms with Gasteiger partial charge in [0.05, 0.1) is 18.8 Å². The van der Waals surface area contributed by atoms with Crippen molar-refractivity contribution in [2.24, 2.45) is 0 Å². The fourth-order valence-electron chi connectivity index (χ4n) is 1.42. The second-order valence-corrected chi connectivity index (χ2v) is 3.50. The summed E-state index contributed by atoms with van der Waals surface area (Å²) in [6, 6.07) is 0.740. The van der Waals surface area contributed by atoms with Crippen LogP contribution < -0.4 is 0 Å². The topological polar surface area (TPSA) is 12.5 Å². The first kappa shape index (κ1) is 6.01. The number of piperidine rings is 1. The van der Waals surface area contributed by atoms with Crippen molar-refractivity contribution < 1.29 is 4.18 Å². The highest BCUT2D eigenvalue weighted by molar-refractivity contribution is 7.92. The Bertz CT molecular complexity index is 97.2. The average molecular weight is 145 g/mol. The van der Waals surface area contributed by atoms with Gasteiger partial charge in [-0.05, 0) is 12.8 Å². The molecule has 9 heavy (non-hydrogen) atoms. The van der Waals surface area contributed by atoms with Gasteiger partial charge < -0.3 is 0 Å². The van der Waals surface area contributed by atoms with Gasteiger partial charge in [-0.3, -0.25) is 4.18 Å². The summed E-state index contributed by atoms with van der Waals surface area (Å²) < 4.78 is 7.60. The standard InChI is InChI=1S/C6H11NOS/c1-2-4-7-6(3-1)5-8-9-7/h6H,1-5H2. The molecule has 0 aromatic heterocycles. The lowest BCUT2D eigenvalue weighted by atomic mass is 10.1. The molecule has 0 amide bonds. The van der Waals surface area contributed by atoms with Crippen molar-refractivity contribution >= 4 is 12.2 Å². The lowest BCUT2D eigenvalue weighted by Crippen LogP contribution is -2.31. The quantitative estimate of drug-likeness (QED) is 0.378. The van der Waals surface area contributed by atoms with E-state index in [2.05, 4.69) is 4.31 Å². The summed E-state index contributed by atoms with van der Waals surface area (Å²) in [5.74, 6) is 0. The molecule has 2 fully saturated rings. The molecule has 0 radical (unpaired) electrons. The zero-order chi connectivity index (χ0) is 6.10. The molecule has 1 atom stereocenters. The molecule has 52 valence electrons. The number of fused-ring (bicyclic) bond motifs is 1. The zero-order valence-electron chi connectivity index (χ0n) is 5.38. The van der Waals surface area contributed by atoms with Gasteiger partial charge in [0.1, 0.15) is 0 Å². The number of rotatable bonds is 0. The number of hydrogen-bond donors (Lipinski definition) is 0. The molecular formula is C6H11NOS. The van der Waals surface area contributed by atoms with E-state index in [0.29, 0.717) is 0 Å². The van der Waals surface area contributed by atoms with E-state index in [0.717, 1.165) is 12.6 Å². The molecule has 3 heteroatoms. The van der Waals surface area contributed by atoms with E-state index < -0.39 is 0 Å². The Labute approximate surface area is 59.9 Å². The average Bonchev–Trinajstić information content (AvgIpc) is 2.33. The van der Waals surface area contributed by atoms with Crippen molar-refractivity contribution in [1.29, 1.82) is 0 Å². The largest absolute Gasteiger partial charge is 0.299 e. The molecule has 0 spiro atoms. The molecule has 0 bridgehead atoms. The van der Waals surface area contributed by atoms with E-state index in [9.17, 15) is 0 Å². The van der Waals surface area contributed by atoms with Gasteiger partial charge in [0, 0.05) is 12.6 Å². The van der Waals surface area contributed by atoms with Gasteiger partial charge in [-0.2, -0.15) is 0 Å². The van der Waals surface area contributed by atoms with Gasteiger partial charge in [0.15, 0.2) is 0 Å². The van der Waals surface area contributed by atoms with Crippen molar-refractivity contribution in [3.05, 3.63) is 0 Å². The third-order valence-corrected chi connectivity index (χ3v) is 2.90. The van der Waals surface area contributed by atoms with Gasteiger partial charge in [0.2, 0.25) is 0 Å². The van der Waals surface area contributed by atoms with Gasteiger partial charge in [-0.1, -0.05) is 6.42 Å². The van der Waals surface area contributed by atoms with E-state index in [-0.39, 0.29) is 0 Å². The van der Waals surface area contributed by atoms with E-state index >= 15 is 0 Å². The minimum Gasteiger partial charge on any atom is -0.299 e. The Morgan fingerprint density at radius 2 is 2.44 bits per heavy atom. The van der Waals surface area contributed by atoms with Crippen LogP contribution in [0.4, 0.5) is 0 Å². The van der Waals surface area contributed by atoms with Crippen molar-refractivity contribution in [3.63, 3.8) is 0 Å². The first-order chi connectivity index (χ1) is 4.47. The van der Waals surface area contributed by atoms with Crippen LogP contribution >= 0.6 is 12.2 Å². The minimum atomic E-state index is 0.740. The van der Waals surface area contributed by atoms with Crippen molar-refractivity contribution in [1.82, 2.24) is 4.31 Å². The predicted molar refractivity (Wildman–Crippen MR) is 37.9 cm³/mol. The molecule has 0 aliphatic carbocycles. The highest BCUT2D eigenvalue weighted by Crippen LogP contribution is 2.31. The van der Waals surface area contributed by atoms with Crippen LogP contribution in [0.25, 0.3) is 0 Å². The van der Waals surface area contributed by atoms with Crippen LogP contribution in [0.15, 0.2) is 0 Å². The van der Waals surface area contributed by atoms with E-state index in [1.807, 2.05) is 0 Å². The Morgan fingerprint density at radius 3 is 3.33 bits per heavy atom. The van der Waals surface area contributed by atoms with E-state index in [4.69, 9.17) is 4.18 Å². The maximum Gasteiger partial charge on any atom is 0.0823 e. The van der Waals surface area contributed by atoms with Crippen LogP contribution in [0.1, 0.15) is 19.3 Å². The molecule has 2 nitrogen and oxygen atoms in total. The summed E-state index contributed by atoms with van der Waals surface area (Å²) in [7, 11) is 0. The predicted octanol–water partition coefficient (Wildman–Crippen LogP) is 1.43. The number of hydrogen-bond acceptors (Lipinski definition) is 3. The second kappa shape index (κ2) is 2.48. The van der Waals surface area contributed by atoms with Gasteiger partial charge >= 0.3 is 0 Å². The molecule has 2 rings (SSSR count). The van der Waals surface area contributed by atoms with Crippen LogP contribution in [0.3, 0.4) is 0 Å². The Hall–Kier alpha value is 0.270. The SMILES string of the molecule is C1CCN2SOCC2C1. The van der Waals surface area contributed by atoms with Crippen LogP contribution in [0, 0.1) is 0 Å². The number of nitrogens with zero attached hydrogens (tertiary/aromatic N) is 1. The zero-order valence-corrected chi connectivity index (χ0v) is 6.19.